The molecule has 3 aliphatic rings. The van der Waals surface area contributed by atoms with Gasteiger partial charge in [-0.2, -0.15) is 10.2 Å². The molecule has 0 bridgehead atoms. The Hall–Kier alpha value is -6.39. The van der Waals surface area contributed by atoms with Crippen LogP contribution in [0.5, 0.6) is 0 Å². The second-order valence-corrected chi connectivity index (χ2v) is 21.0. The van der Waals surface area contributed by atoms with Crippen LogP contribution in [0.25, 0.3) is 28.3 Å². The summed E-state index contributed by atoms with van der Waals surface area (Å²) in [5.41, 5.74) is 5.19. The van der Waals surface area contributed by atoms with Gasteiger partial charge in [0.05, 0.1) is 29.4 Å². The minimum Gasteiger partial charge on any atom is -0.387 e. The molecule has 65 heavy (non-hydrogen) atoms. The Kier molecular flexibility index (Phi) is 10.4. The van der Waals surface area contributed by atoms with E-state index in [-0.39, 0.29) is 36.4 Å². The molecule has 7 aromatic rings. The molecule has 2 aliphatic heterocycles. The van der Waals surface area contributed by atoms with Crippen LogP contribution in [0.15, 0.2) is 69.2 Å². The average Bonchev–Trinajstić information content (AvgIpc) is 3.60. The Labute approximate surface area is 373 Å². The smallest absolute Gasteiger partial charge is 0.387 e. The van der Waals surface area contributed by atoms with Crippen molar-refractivity contribution < 1.29 is 23.0 Å². The number of imidazole rings is 1. The van der Waals surface area contributed by atoms with Crippen molar-refractivity contribution >= 4 is 29.7 Å². The van der Waals surface area contributed by atoms with Crippen LogP contribution in [0.3, 0.4) is 0 Å². The predicted octanol–water partition coefficient (Wildman–Crippen LogP) is 6.23. The Balaban J connectivity index is 1.10. The van der Waals surface area contributed by atoms with Gasteiger partial charge >= 0.3 is 11.4 Å². The van der Waals surface area contributed by atoms with E-state index < -0.39 is 30.0 Å². The summed E-state index contributed by atoms with van der Waals surface area (Å²) < 4.78 is 46.1. The highest BCUT2D eigenvalue weighted by Crippen LogP contribution is 2.54. The second kappa shape index (κ2) is 15.9. The molecule has 2 N–H and O–H groups in total. The Morgan fingerprint density at radius 3 is 2.40 bits per heavy atom. The SMILES string of the molecule is CCP(=O)(CC)c1ccc(-n2ccn(-c3c(-c4cc(C)c(F)c(C)c4)nn4c3[C@H](C)N(C(=O)c3nn5cc(C6CCOCC6)cnc5c3C3(c5noc(=O)[nH]5)CC3)CC4)c2=O)cc1NC. The molecule has 2 aromatic carbocycles. The zero-order valence-electron chi connectivity index (χ0n) is 37.2. The summed E-state index contributed by atoms with van der Waals surface area (Å²) in [6.45, 7) is 11.0. The van der Waals surface area contributed by atoms with Gasteiger partial charge in [0.25, 0.3) is 5.91 Å². The maximum Gasteiger partial charge on any atom is 0.438 e. The van der Waals surface area contributed by atoms with E-state index in [0.717, 1.165) is 23.7 Å². The summed E-state index contributed by atoms with van der Waals surface area (Å²) in [6.07, 6.45) is 11.0. The number of halogens is 1. The molecule has 0 unspecified atom stereocenters. The van der Waals surface area contributed by atoms with Crippen LogP contribution in [0.2, 0.25) is 0 Å². The number of nitrogens with one attached hydrogen (secondary N) is 2. The fourth-order valence-corrected chi connectivity index (χ4v) is 12.1. The average molecular weight is 904 g/mol. The second-order valence-electron chi connectivity index (χ2n) is 17.5. The lowest BCUT2D eigenvalue weighted by Crippen LogP contribution is -2.42. The number of aromatic nitrogens is 9. The highest BCUT2D eigenvalue weighted by molar-refractivity contribution is 7.71. The van der Waals surface area contributed by atoms with Gasteiger partial charge in [0.2, 0.25) is 0 Å². The number of anilines is 1. The molecule has 19 heteroatoms. The minimum atomic E-state index is -2.66. The van der Waals surface area contributed by atoms with Crippen LogP contribution in [-0.4, -0.2) is 93.6 Å². The first-order valence-corrected chi connectivity index (χ1v) is 24.3. The topological polar surface area (TPSA) is 192 Å². The van der Waals surface area contributed by atoms with Crippen LogP contribution in [0.4, 0.5) is 10.1 Å². The van der Waals surface area contributed by atoms with Crippen molar-refractivity contribution in [2.24, 2.45) is 0 Å². The molecule has 1 saturated heterocycles. The summed E-state index contributed by atoms with van der Waals surface area (Å²) in [7, 11) is -0.883. The molecule has 338 valence electrons. The number of aryl methyl sites for hydroxylation is 2. The van der Waals surface area contributed by atoms with Gasteiger partial charge in [0.1, 0.15) is 24.3 Å². The van der Waals surface area contributed by atoms with Crippen LogP contribution >= 0.6 is 7.14 Å². The molecule has 5 aromatic heterocycles. The highest BCUT2D eigenvalue weighted by Gasteiger charge is 2.55. The lowest BCUT2D eigenvalue weighted by Gasteiger charge is -2.34. The quantitative estimate of drug-likeness (QED) is 0.140. The normalized spacial score (nSPS) is 17.5. The van der Waals surface area contributed by atoms with E-state index in [4.69, 9.17) is 24.4 Å². The Morgan fingerprint density at radius 1 is 1.02 bits per heavy atom. The number of rotatable bonds is 11. The number of fused-ring (bicyclic) bond motifs is 2. The van der Waals surface area contributed by atoms with Crippen LogP contribution in [0.1, 0.15) is 103 Å². The van der Waals surface area contributed by atoms with E-state index in [0.29, 0.717) is 101 Å². The van der Waals surface area contributed by atoms with Crippen molar-refractivity contribution in [2.45, 2.75) is 84.2 Å². The lowest BCUT2D eigenvalue weighted by atomic mass is 9.93. The summed E-state index contributed by atoms with van der Waals surface area (Å²) in [5.74, 6) is -0.846. The molecular formula is C46H51FN11O6P. The van der Waals surface area contributed by atoms with Crippen LogP contribution in [0, 0.1) is 19.7 Å². The number of H-pyrrole nitrogens is 1. The van der Waals surface area contributed by atoms with Crippen molar-refractivity contribution in [2.75, 3.05) is 44.4 Å². The molecule has 1 saturated carbocycles. The van der Waals surface area contributed by atoms with Gasteiger partial charge in [-0.3, -0.25) is 28.1 Å². The van der Waals surface area contributed by atoms with Crippen molar-refractivity contribution in [3.63, 3.8) is 0 Å². The van der Waals surface area contributed by atoms with Crippen molar-refractivity contribution in [1.82, 2.24) is 48.6 Å². The van der Waals surface area contributed by atoms with Crippen molar-refractivity contribution in [3.8, 4) is 22.6 Å². The maximum absolute atomic E-state index is 15.3. The van der Waals surface area contributed by atoms with Gasteiger partial charge in [-0.05, 0) is 99.4 Å². The maximum atomic E-state index is 15.3. The van der Waals surface area contributed by atoms with E-state index in [9.17, 15) is 14.2 Å². The van der Waals surface area contributed by atoms with E-state index in [1.165, 1.54) is 9.13 Å². The van der Waals surface area contributed by atoms with Gasteiger partial charge in [-0.25, -0.2) is 23.5 Å². The molecule has 10 rings (SSSR count). The molecule has 17 nitrogen and oxygen atoms in total. The molecular weight excluding hydrogens is 853 g/mol. The number of hydrogen-bond acceptors (Lipinski definition) is 11. The van der Waals surface area contributed by atoms with Gasteiger partial charge in [-0.15, -0.1) is 0 Å². The number of carbonyl (C=O) groups is 1. The fraction of sp³-hybridized carbons (Fsp3) is 0.413. The number of ether oxygens (including phenoxy) is 1. The third-order valence-corrected chi connectivity index (χ3v) is 17.2. The minimum absolute atomic E-state index is 0.178. The highest BCUT2D eigenvalue weighted by atomic mass is 31.2. The first-order chi connectivity index (χ1) is 31.3. The number of amides is 1. The summed E-state index contributed by atoms with van der Waals surface area (Å²) in [6, 6.07) is 8.27. The van der Waals surface area contributed by atoms with Gasteiger partial charge in [-0.1, -0.05) is 19.0 Å². The number of benzene rings is 2. The summed E-state index contributed by atoms with van der Waals surface area (Å²) in [5, 5.41) is 18.1. The predicted molar refractivity (Wildman–Crippen MR) is 242 cm³/mol. The third kappa shape index (κ3) is 6.82. The molecule has 1 atom stereocenters. The molecule has 7 heterocycles. The summed E-state index contributed by atoms with van der Waals surface area (Å²) in [4.78, 5) is 51.8. The molecule has 1 amide bonds. The van der Waals surface area contributed by atoms with E-state index >= 15 is 9.18 Å². The van der Waals surface area contributed by atoms with E-state index in [1.807, 2.05) is 50.0 Å². The Bertz CT molecular complexity index is 3170. The molecule has 0 radical (unpaired) electrons. The van der Waals surface area contributed by atoms with Gasteiger partial charge < -0.3 is 19.5 Å². The largest absolute Gasteiger partial charge is 0.438 e. The first-order valence-electron chi connectivity index (χ1n) is 22.2. The van der Waals surface area contributed by atoms with Gasteiger partial charge in [0, 0.05) is 86.0 Å². The molecule has 0 spiro atoms. The third-order valence-electron chi connectivity index (χ3n) is 13.9. The first kappa shape index (κ1) is 42.6. The fourth-order valence-electron chi connectivity index (χ4n) is 10.0. The zero-order chi connectivity index (χ0) is 45.5. The monoisotopic (exact) mass is 903 g/mol. The zero-order valence-corrected chi connectivity index (χ0v) is 38.1. The number of nitrogens with zero attached hydrogens (tertiary/aromatic N) is 9. The van der Waals surface area contributed by atoms with Crippen molar-refractivity contribution in [1.29, 1.82) is 0 Å². The van der Waals surface area contributed by atoms with Crippen molar-refractivity contribution in [3.05, 3.63) is 121 Å². The molecule has 2 fully saturated rings. The Morgan fingerprint density at radius 2 is 1.74 bits per heavy atom. The molecule has 1 aliphatic carbocycles. The standard InChI is InChI=1S/C46H51FN11O6P/c1-7-65(62,8-2)34-10-9-32(23-33(34)48-6)55-15-16-56(45(55)61)40-37(30-21-26(3)36(47)27(4)22-30)51-57-18-17-54(28(5)39(40)57)42(59)38-35(46(13-14-46)43-50-44(60)64-53-43)41-49-24-31(25-58(41)52-38)29-11-19-63-20-12-29/h9-10,15-16,21-25,28-29,48H,7-8,11-14,17-20H2,1-6H3,(H,50,53,60)/t28-/m0/s1. The lowest BCUT2D eigenvalue weighted by molar-refractivity contribution is 0.0628. The van der Waals surface area contributed by atoms with Gasteiger partial charge in [0.15, 0.2) is 17.2 Å². The summed E-state index contributed by atoms with van der Waals surface area (Å²) >= 11 is 0. The number of aromatic amines is 1. The van der Waals surface area contributed by atoms with Crippen LogP contribution < -0.4 is 22.1 Å². The van der Waals surface area contributed by atoms with Crippen LogP contribution in [-0.2, 0) is 21.3 Å². The number of hydrogen-bond donors (Lipinski definition) is 2. The number of carbonyl (C=O) groups excluding carboxylic acids is 1. The van der Waals surface area contributed by atoms with E-state index in [1.54, 1.807) is 60.9 Å². The van der Waals surface area contributed by atoms with E-state index in [2.05, 4.69) is 15.5 Å².